The molecule has 0 spiro atoms. The first kappa shape index (κ1) is 16.0. The summed E-state index contributed by atoms with van der Waals surface area (Å²) in [6, 6.07) is 6.53. The molecule has 1 aromatic carbocycles. The normalized spacial score (nSPS) is 13.4. The lowest BCUT2D eigenvalue weighted by atomic mass is 9.86. The highest BCUT2D eigenvalue weighted by Crippen LogP contribution is 2.27. The molecule has 0 aromatic heterocycles. The van der Waals surface area contributed by atoms with E-state index < -0.39 is 0 Å². The number of hydrogen-bond acceptors (Lipinski definition) is 2. The number of hydrogen-bond donors (Lipinski definition) is 1. The van der Waals surface area contributed by atoms with Crippen molar-refractivity contribution in [1.82, 2.24) is 5.32 Å². The SMILES string of the molecule is CCNCC(C)COc1ccc(C(C)(C)C)cc1C. The van der Waals surface area contributed by atoms with Crippen LogP contribution in [-0.4, -0.2) is 19.7 Å². The van der Waals surface area contributed by atoms with E-state index in [0.717, 1.165) is 25.4 Å². The van der Waals surface area contributed by atoms with Gasteiger partial charge in [-0.1, -0.05) is 46.8 Å². The van der Waals surface area contributed by atoms with Crippen molar-refractivity contribution >= 4 is 0 Å². The molecule has 0 saturated heterocycles. The Morgan fingerprint density at radius 1 is 1.26 bits per heavy atom. The van der Waals surface area contributed by atoms with Crippen LogP contribution >= 0.6 is 0 Å². The second kappa shape index (κ2) is 6.95. The van der Waals surface area contributed by atoms with Crippen molar-refractivity contribution in [2.45, 2.75) is 47.0 Å². The third-order valence-corrected chi connectivity index (χ3v) is 3.31. The lowest BCUT2D eigenvalue weighted by molar-refractivity contribution is 0.255. The van der Waals surface area contributed by atoms with Gasteiger partial charge in [-0.15, -0.1) is 0 Å². The Hall–Kier alpha value is -1.02. The van der Waals surface area contributed by atoms with E-state index in [0.29, 0.717) is 5.92 Å². The van der Waals surface area contributed by atoms with Gasteiger partial charge in [0.05, 0.1) is 6.61 Å². The number of rotatable bonds is 6. The Balaban J connectivity index is 2.60. The van der Waals surface area contributed by atoms with E-state index in [9.17, 15) is 0 Å². The molecule has 108 valence electrons. The molecular formula is C17H29NO. The largest absolute Gasteiger partial charge is 0.493 e. The van der Waals surface area contributed by atoms with Gasteiger partial charge in [-0.05, 0) is 36.1 Å². The minimum Gasteiger partial charge on any atom is -0.493 e. The van der Waals surface area contributed by atoms with Crippen LogP contribution in [-0.2, 0) is 5.41 Å². The molecule has 2 nitrogen and oxygen atoms in total. The van der Waals surface area contributed by atoms with Crippen LogP contribution in [0.15, 0.2) is 18.2 Å². The van der Waals surface area contributed by atoms with Crippen LogP contribution in [0.5, 0.6) is 5.75 Å². The molecule has 1 unspecified atom stereocenters. The molecule has 0 heterocycles. The Bertz CT molecular complexity index is 393. The summed E-state index contributed by atoms with van der Waals surface area (Å²) in [5.41, 5.74) is 2.78. The number of aryl methyl sites for hydroxylation is 1. The first-order valence-electron chi connectivity index (χ1n) is 7.29. The molecular weight excluding hydrogens is 234 g/mol. The maximum Gasteiger partial charge on any atom is 0.122 e. The van der Waals surface area contributed by atoms with Gasteiger partial charge < -0.3 is 10.1 Å². The molecule has 0 aliphatic heterocycles. The van der Waals surface area contributed by atoms with Gasteiger partial charge in [0.25, 0.3) is 0 Å². The molecule has 0 radical (unpaired) electrons. The summed E-state index contributed by atoms with van der Waals surface area (Å²) in [4.78, 5) is 0. The fourth-order valence-electron chi connectivity index (χ4n) is 1.96. The molecule has 19 heavy (non-hydrogen) atoms. The number of ether oxygens (including phenoxy) is 1. The molecule has 0 aliphatic rings. The highest BCUT2D eigenvalue weighted by atomic mass is 16.5. The van der Waals surface area contributed by atoms with E-state index in [2.05, 4.69) is 65.1 Å². The minimum absolute atomic E-state index is 0.196. The van der Waals surface area contributed by atoms with Crippen LogP contribution in [0.2, 0.25) is 0 Å². The zero-order valence-corrected chi connectivity index (χ0v) is 13.3. The van der Waals surface area contributed by atoms with E-state index in [1.165, 1.54) is 11.1 Å². The summed E-state index contributed by atoms with van der Waals surface area (Å²) in [7, 11) is 0. The van der Waals surface area contributed by atoms with E-state index in [1.807, 2.05) is 0 Å². The Kier molecular flexibility index (Phi) is 5.86. The number of nitrogens with one attached hydrogen (secondary N) is 1. The van der Waals surface area contributed by atoms with E-state index in [1.54, 1.807) is 0 Å². The summed E-state index contributed by atoms with van der Waals surface area (Å²) in [6.07, 6.45) is 0. The third kappa shape index (κ3) is 5.23. The predicted molar refractivity (Wildman–Crippen MR) is 83.1 cm³/mol. The van der Waals surface area contributed by atoms with E-state index in [-0.39, 0.29) is 5.41 Å². The van der Waals surface area contributed by atoms with Crippen molar-refractivity contribution in [1.29, 1.82) is 0 Å². The molecule has 1 N–H and O–H groups in total. The van der Waals surface area contributed by atoms with Gasteiger partial charge in [0.1, 0.15) is 5.75 Å². The van der Waals surface area contributed by atoms with Crippen molar-refractivity contribution in [3.05, 3.63) is 29.3 Å². The molecule has 1 rings (SSSR count). The maximum absolute atomic E-state index is 5.92. The van der Waals surface area contributed by atoms with Crippen LogP contribution < -0.4 is 10.1 Å². The average Bonchev–Trinajstić information content (AvgIpc) is 2.33. The van der Waals surface area contributed by atoms with Gasteiger partial charge in [-0.25, -0.2) is 0 Å². The van der Waals surface area contributed by atoms with Gasteiger partial charge in [-0.2, -0.15) is 0 Å². The van der Waals surface area contributed by atoms with Gasteiger partial charge in [0, 0.05) is 12.5 Å². The van der Waals surface area contributed by atoms with E-state index >= 15 is 0 Å². The first-order valence-corrected chi connectivity index (χ1v) is 7.29. The monoisotopic (exact) mass is 263 g/mol. The van der Waals surface area contributed by atoms with Crippen LogP contribution in [0.25, 0.3) is 0 Å². The summed E-state index contributed by atoms with van der Waals surface area (Å²) in [5.74, 6) is 1.54. The lowest BCUT2D eigenvalue weighted by Gasteiger charge is -2.21. The summed E-state index contributed by atoms with van der Waals surface area (Å²) >= 11 is 0. The quantitative estimate of drug-likeness (QED) is 0.840. The van der Waals surface area contributed by atoms with Crippen molar-refractivity contribution in [3.8, 4) is 5.75 Å². The Labute approximate surface area is 118 Å². The van der Waals surface area contributed by atoms with Crippen molar-refractivity contribution in [2.75, 3.05) is 19.7 Å². The topological polar surface area (TPSA) is 21.3 Å². The molecule has 1 aromatic rings. The second-order valence-electron chi connectivity index (χ2n) is 6.45. The van der Waals surface area contributed by atoms with Crippen molar-refractivity contribution in [3.63, 3.8) is 0 Å². The van der Waals surface area contributed by atoms with Gasteiger partial charge >= 0.3 is 0 Å². The summed E-state index contributed by atoms with van der Waals surface area (Å²) < 4.78 is 5.92. The molecule has 0 amide bonds. The minimum atomic E-state index is 0.196. The Morgan fingerprint density at radius 2 is 1.95 bits per heavy atom. The average molecular weight is 263 g/mol. The zero-order chi connectivity index (χ0) is 14.5. The van der Waals surface area contributed by atoms with E-state index in [4.69, 9.17) is 4.74 Å². The van der Waals surface area contributed by atoms with Crippen molar-refractivity contribution < 1.29 is 4.74 Å². The maximum atomic E-state index is 5.92. The second-order valence-corrected chi connectivity index (χ2v) is 6.45. The lowest BCUT2D eigenvalue weighted by Crippen LogP contribution is -2.24. The molecule has 2 heteroatoms. The highest BCUT2D eigenvalue weighted by Gasteiger charge is 2.15. The zero-order valence-electron chi connectivity index (χ0n) is 13.3. The van der Waals surface area contributed by atoms with Crippen LogP contribution in [0.4, 0.5) is 0 Å². The molecule has 0 bridgehead atoms. The first-order chi connectivity index (χ1) is 8.84. The fraction of sp³-hybridized carbons (Fsp3) is 0.647. The van der Waals surface area contributed by atoms with Crippen LogP contribution in [0.1, 0.15) is 45.7 Å². The highest BCUT2D eigenvalue weighted by molar-refractivity contribution is 5.38. The van der Waals surface area contributed by atoms with Gasteiger partial charge in [0.15, 0.2) is 0 Å². The molecule has 0 saturated carbocycles. The summed E-state index contributed by atoms with van der Waals surface area (Å²) in [6.45, 7) is 16.0. The van der Waals surface area contributed by atoms with Crippen LogP contribution in [0.3, 0.4) is 0 Å². The summed E-state index contributed by atoms with van der Waals surface area (Å²) in [5, 5.41) is 3.35. The predicted octanol–water partition coefficient (Wildman–Crippen LogP) is 3.92. The fourth-order valence-corrected chi connectivity index (χ4v) is 1.96. The number of benzene rings is 1. The molecule has 0 aliphatic carbocycles. The molecule has 0 fully saturated rings. The Morgan fingerprint density at radius 3 is 2.47 bits per heavy atom. The van der Waals surface area contributed by atoms with Gasteiger partial charge in [0.2, 0.25) is 0 Å². The van der Waals surface area contributed by atoms with Crippen LogP contribution in [0, 0.1) is 12.8 Å². The van der Waals surface area contributed by atoms with Crippen molar-refractivity contribution in [2.24, 2.45) is 5.92 Å². The smallest absolute Gasteiger partial charge is 0.122 e. The molecule has 1 atom stereocenters. The third-order valence-electron chi connectivity index (χ3n) is 3.31. The van der Waals surface area contributed by atoms with Gasteiger partial charge in [-0.3, -0.25) is 0 Å². The standard InChI is InChI=1S/C17H29NO/c1-7-18-11-13(2)12-19-16-9-8-15(10-14(16)3)17(4,5)6/h8-10,13,18H,7,11-12H2,1-6H3.